The van der Waals surface area contributed by atoms with Crippen LogP contribution in [0.4, 0.5) is 5.69 Å². The van der Waals surface area contributed by atoms with E-state index in [1.807, 2.05) is 48.5 Å². The van der Waals surface area contributed by atoms with Gasteiger partial charge in [-0.25, -0.2) is 0 Å². The molecule has 1 aliphatic heterocycles. The smallest absolute Gasteiger partial charge is 0.258 e. The number of carbonyl (C=O) groups excluding carboxylic acids is 2. The predicted molar refractivity (Wildman–Crippen MR) is 121 cm³/mol. The molecule has 1 aromatic heterocycles. The molecule has 0 atom stereocenters. The third-order valence-corrected chi connectivity index (χ3v) is 5.65. The number of aliphatic hydroxyl groups is 1. The normalized spacial score (nSPS) is 13.2. The van der Waals surface area contributed by atoms with Gasteiger partial charge in [0, 0.05) is 36.6 Å². The van der Waals surface area contributed by atoms with Gasteiger partial charge < -0.3 is 10.0 Å². The summed E-state index contributed by atoms with van der Waals surface area (Å²) in [5, 5.41) is 10.1. The Hall–Kier alpha value is -3.31. The Morgan fingerprint density at radius 1 is 1.06 bits per heavy atom. The molecule has 2 heterocycles. The third kappa shape index (κ3) is 4.57. The Kier molecular flexibility index (Phi) is 5.70. The summed E-state index contributed by atoms with van der Waals surface area (Å²) in [6, 6.07) is 17.5. The molecule has 0 aliphatic carbocycles. The number of rotatable bonds is 6. The van der Waals surface area contributed by atoms with E-state index in [1.54, 1.807) is 17.3 Å². The predicted octanol–water partition coefficient (Wildman–Crippen LogP) is 4.22. The number of anilines is 1. The van der Waals surface area contributed by atoms with Gasteiger partial charge in [0.15, 0.2) is 5.78 Å². The van der Waals surface area contributed by atoms with Crippen molar-refractivity contribution in [1.29, 1.82) is 0 Å². The second kappa shape index (κ2) is 8.44. The molecule has 4 rings (SSSR count). The minimum absolute atomic E-state index is 0.116. The van der Waals surface area contributed by atoms with Crippen molar-refractivity contribution >= 4 is 17.4 Å². The number of pyridine rings is 1. The van der Waals surface area contributed by atoms with Crippen LogP contribution in [0.25, 0.3) is 11.1 Å². The Morgan fingerprint density at radius 2 is 1.81 bits per heavy atom. The summed E-state index contributed by atoms with van der Waals surface area (Å²) in [6.45, 7) is 3.61. The lowest BCUT2D eigenvalue weighted by Gasteiger charge is -2.25. The summed E-state index contributed by atoms with van der Waals surface area (Å²) in [6.07, 6.45) is 5.41. The van der Waals surface area contributed by atoms with Crippen molar-refractivity contribution in [2.24, 2.45) is 0 Å². The van der Waals surface area contributed by atoms with Crippen molar-refractivity contribution in [1.82, 2.24) is 4.98 Å². The van der Waals surface area contributed by atoms with Crippen LogP contribution in [-0.2, 0) is 17.6 Å². The monoisotopic (exact) mass is 414 g/mol. The molecular weight excluding hydrogens is 388 g/mol. The van der Waals surface area contributed by atoms with E-state index in [0.29, 0.717) is 24.9 Å². The van der Waals surface area contributed by atoms with E-state index in [4.69, 9.17) is 0 Å². The molecule has 0 radical (unpaired) electrons. The quantitative estimate of drug-likeness (QED) is 0.613. The van der Waals surface area contributed by atoms with Crippen molar-refractivity contribution in [3.05, 3.63) is 83.7 Å². The molecule has 1 amide bonds. The highest BCUT2D eigenvalue weighted by atomic mass is 16.3. The molecule has 2 aromatic carbocycles. The van der Waals surface area contributed by atoms with Gasteiger partial charge in [-0.05, 0) is 67.1 Å². The SMILES string of the molecule is CC(C)(O)C(=O)N1CCc2cc(-c3ccc(C(=O)CCc4cccnc4)cc3)ccc21. The largest absolute Gasteiger partial charge is 0.381 e. The fourth-order valence-electron chi connectivity index (χ4n) is 3.92. The van der Waals surface area contributed by atoms with Gasteiger partial charge in [0.1, 0.15) is 5.60 Å². The zero-order valence-corrected chi connectivity index (χ0v) is 17.8. The molecule has 158 valence electrons. The van der Waals surface area contributed by atoms with E-state index in [-0.39, 0.29) is 11.7 Å². The summed E-state index contributed by atoms with van der Waals surface area (Å²) < 4.78 is 0. The first-order valence-electron chi connectivity index (χ1n) is 10.5. The van der Waals surface area contributed by atoms with Crippen molar-refractivity contribution in [3.8, 4) is 11.1 Å². The standard InChI is InChI=1S/C26H26N2O3/c1-26(2,31)25(30)28-15-13-22-16-21(10-11-23(22)28)19-6-8-20(9-7-19)24(29)12-5-18-4-3-14-27-17-18/h3-4,6-11,14,16-17,31H,5,12-13,15H2,1-2H3. The van der Waals surface area contributed by atoms with E-state index >= 15 is 0 Å². The minimum atomic E-state index is -1.39. The van der Waals surface area contributed by atoms with E-state index in [2.05, 4.69) is 11.1 Å². The molecule has 5 heteroatoms. The van der Waals surface area contributed by atoms with Crippen LogP contribution in [0.15, 0.2) is 67.0 Å². The topological polar surface area (TPSA) is 70.5 Å². The maximum absolute atomic E-state index is 12.5. The summed E-state index contributed by atoms with van der Waals surface area (Å²) in [7, 11) is 0. The number of hydrogen-bond acceptors (Lipinski definition) is 4. The van der Waals surface area contributed by atoms with Gasteiger partial charge in [0.05, 0.1) is 0 Å². The zero-order valence-electron chi connectivity index (χ0n) is 17.8. The second-order valence-electron chi connectivity index (χ2n) is 8.47. The van der Waals surface area contributed by atoms with Crippen molar-refractivity contribution in [2.45, 2.75) is 38.7 Å². The molecular formula is C26H26N2O3. The molecule has 0 unspecified atom stereocenters. The number of aryl methyl sites for hydroxylation is 1. The molecule has 0 fully saturated rings. The highest BCUT2D eigenvalue weighted by molar-refractivity contribution is 6.01. The first-order valence-corrected chi connectivity index (χ1v) is 10.5. The summed E-state index contributed by atoms with van der Waals surface area (Å²) in [5.41, 5.74) is 4.40. The summed E-state index contributed by atoms with van der Waals surface area (Å²) in [4.78, 5) is 30.7. The fraction of sp³-hybridized carbons (Fsp3) is 0.269. The number of ketones is 1. The van der Waals surface area contributed by atoms with Crippen molar-refractivity contribution in [3.63, 3.8) is 0 Å². The number of fused-ring (bicyclic) bond motifs is 1. The van der Waals surface area contributed by atoms with E-state index in [0.717, 1.165) is 34.4 Å². The molecule has 1 N–H and O–H groups in total. The van der Waals surface area contributed by atoms with Gasteiger partial charge in [-0.3, -0.25) is 14.6 Å². The Labute approximate surface area is 182 Å². The number of aromatic nitrogens is 1. The molecule has 1 aliphatic rings. The summed E-state index contributed by atoms with van der Waals surface area (Å²) in [5.74, 6) is -0.168. The molecule has 0 bridgehead atoms. The average molecular weight is 415 g/mol. The average Bonchev–Trinajstić information content (AvgIpc) is 3.20. The number of benzene rings is 2. The second-order valence-corrected chi connectivity index (χ2v) is 8.47. The Bertz CT molecular complexity index is 1100. The van der Waals surface area contributed by atoms with Gasteiger partial charge >= 0.3 is 0 Å². The zero-order chi connectivity index (χ0) is 22.0. The number of hydrogen-bond donors (Lipinski definition) is 1. The molecule has 5 nitrogen and oxygen atoms in total. The molecule has 0 saturated carbocycles. The van der Waals surface area contributed by atoms with Crippen LogP contribution >= 0.6 is 0 Å². The fourth-order valence-corrected chi connectivity index (χ4v) is 3.92. The first-order chi connectivity index (χ1) is 14.8. The number of Topliss-reactive ketones (excluding diaryl/α,β-unsaturated/α-hetero) is 1. The summed E-state index contributed by atoms with van der Waals surface area (Å²) >= 11 is 0. The van der Waals surface area contributed by atoms with Gasteiger partial charge in [-0.15, -0.1) is 0 Å². The number of carbonyl (C=O) groups is 2. The number of nitrogens with zero attached hydrogens (tertiary/aromatic N) is 2. The van der Waals surface area contributed by atoms with Crippen molar-refractivity contribution < 1.29 is 14.7 Å². The Balaban J connectivity index is 1.46. The highest BCUT2D eigenvalue weighted by Gasteiger charge is 2.34. The highest BCUT2D eigenvalue weighted by Crippen LogP contribution is 2.33. The molecule has 31 heavy (non-hydrogen) atoms. The van der Waals surface area contributed by atoms with E-state index in [1.165, 1.54) is 13.8 Å². The lowest BCUT2D eigenvalue weighted by Crippen LogP contribution is -2.44. The lowest BCUT2D eigenvalue weighted by molar-refractivity contribution is -0.133. The minimum Gasteiger partial charge on any atom is -0.381 e. The molecule has 0 saturated heterocycles. The lowest BCUT2D eigenvalue weighted by atomic mass is 9.98. The van der Waals surface area contributed by atoms with Crippen LogP contribution in [-0.4, -0.2) is 33.9 Å². The van der Waals surface area contributed by atoms with Gasteiger partial charge in [0.2, 0.25) is 0 Å². The molecule has 3 aromatic rings. The van der Waals surface area contributed by atoms with E-state index in [9.17, 15) is 14.7 Å². The maximum Gasteiger partial charge on any atom is 0.258 e. The third-order valence-electron chi connectivity index (χ3n) is 5.65. The van der Waals surface area contributed by atoms with Crippen LogP contribution in [0.2, 0.25) is 0 Å². The van der Waals surface area contributed by atoms with E-state index < -0.39 is 5.60 Å². The maximum atomic E-state index is 12.5. The Morgan fingerprint density at radius 3 is 2.48 bits per heavy atom. The van der Waals surface area contributed by atoms with Crippen LogP contribution in [0.5, 0.6) is 0 Å². The van der Waals surface area contributed by atoms with Crippen LogP contribution in [0.1, 0.15) is 41.8 Å². The van der Waals surface area contributed by atoms with Gasteiger partial charge in [-0.1, -0.05) is 36.4 Å². The molecule has 0 spiro atoms. The van der Waals surface area contributed by atoms with Gasteiger partial charge in [-0.2, -0.15) is 0 Å². The van der Waals surface area contributed by atoms with Crippen molar-refractivity contribution in [2.75, 3.05) is 11.4 Å². The van der Waals surface area contributed by atoms with Gasteiger partial charge in [0.25, 0.3) is 5.91 Å². The van der Waals surface area contributed by atoms with Crippen LogP contribution in [0.3, 0.4) is 0 Å². The van der Waals surface area contributed by atoms with Crippen LogP contribution in [0, 0.1) is 0 Å². The first kappa shape index (κ1) is 20.9. The van der Waals surface area contributed by atoms with Crippen LogP contribution < -0.4 is 4.90 Å². The number of amides is 1.